The molecule has 21 heavy (non-hydrogen) atoms. The molecule has 0 spiro atoms. The number of hydrogen-bond acceptors (Lipinski definition) is 4. The third-order valence-electron chi connectivity index (χ3n) is 3.59. The van der Waals surface area contributed by atoms with Gasteiger partial charge in [-0.15, -0.1) is 0 Å². The largest absolute Gasteiger partial charge is 0.492 e. The lowest BCUT2D eigenvalue weighted by atomic mass is 10.2. The number of carboxylic acids is 1. The van der Waals surface area contributed by atoms with Crippen LogP contribution < -0.4 is 4.74 Å². The average Bonchev–Trinajstić information content (AvgIpc) is 2.60. The molecule has 1 fully saturated rings. The molecule has 0 amide bonds. The lowest BCUT2D eigenvalue weighted by molar-refractivity contribution is 0.0137. The highest BCUT2D eigenvalue weighted by atomic mass is 16.5. The van der Waals surface area contributed by atoms with Crippen molar-refractivity contribution in [1.29, 1.82) is 0 Å². The van der Waals surface area contributed by atoms with Gasteiger partial charge in [0.2, 0.25) is 0 Å². The number of hydrogen-bond donors (Lipinski definition) is 1. The maximum atomic E-state index is 10.9. The summed E-state index contributed by atoms with van der Waals surface area (Å²) in [5.74, 6) is -0.338. The van der Waals surface area contributed by atoms with Crippen molar-refractivity contribution in [2.75, 3.05) is 26.2 Å². The van der Waals surface area contributed by atoms with Crippen LogP contribution in [-0.2, 0) is 4.74 Å². The van der Waals surface area contributed by atoms with Gasteiger partial charge in [-0.3, -0.25) is 4.90 Å². The Morgan fingerprint density at radius 2 is 2.24 bits per heavy atom. The zero-order valence-electron chi connectivity index (χ0n) is 12.6. The van der Waals surface area contributed by atoms with Gasteiger partial charge in [-0.05, 0) is 38.5 Å². The molecule has 0 radical (unpaired) electrons. The van der Waals surface area contributed by atoms with Gasteiger partial charge >= 0.3 is 5.97 Å². The van der Waals surface area contributed by atoms with E-state index in [1.54, 1.807) is 24.3 Å². The topological polar surface area (TPSA) is 59.0 Å². The molecule has 1 saturated heterocycles. The summed E-state index contributed by atoms with van der Waals surface area (Å²) in [5.41, 5.74) is 0.248. The Kier molecular flexibility index (Phi) is 5.59. The first-order chi connectivity index (χ1) is 10.0. The number of benzene rings is 1. The monoisotopic (exact) mass is 293 g/mol. The van der Waals surface area contributed by atoms with Crippen molar-refractivity contribution < 1.29 is 19.4 Å². The van der Waals surface area contributed by atoms with Crippen LogP contribution in [0.15, 0.2) is 24.3 Å². The Balaban J connectivity index is 1.81. The minimum absolute atomic E-state index is 0.234. The number of aromatic carboxylic acids is 1. The van der Waals surface area contributed by atoms with Crippen molar-refractivity contribution >= 4 is 5.97 Å². The quantitative estimate of drug-likeness (QED) is 0.902. The van der Waals surface area contributed by atoms with Gasteiger partial charge in [0, 0.05) is 19.6 Å². The molecule has 0 unspecified atom stereocenters. The highest BCUT2D eigenvalue weighted by Crippen LogP contribution is 2.14. The summed E-state index contributed by atoms with van der Waals surface area (Å²) < 4.78 is 11.5. The summed E-state index contributed by atoms with van der Waals surface area (Å²) in [4.78, 5) is 13.2. The van der Waals surface area contributed by atoms with Crippen LogP contribution >= 0.6 is 0 Å². The molecule has 0 saturated carbocycles. The molecule has 1 N–H and O–H groups in total. The maximum Gasteiger partial charge on any atom is 0.335 e. The molecule has 1 aromatic carbocycles. The molecule has 1 aromatic rings. The summed E-state index contributed by atoms with van der Waals surface area (Å²) in [6, 6.07) is 6.59. The molecule has 5 nitrogen and oxygen atoms in total. The van der Waals surface area contributed by atoms with Gasteiger partial charge in [0.25, 0.3) is 0 Å². The second-order valence-corrected chi connectivity index (χ2v) is 5.53. The van der Waals surface area contributed by atoms with Crippen LogP contribution in [0.2, 0.25) is 0 Å². The highest BCUT2D eigenvalue weighted by Gasteiger charge is 2.19. The highest BCUT2D eigenvalue weighted by molar-refractivity contribution is 5.87. The number of carboxylic acid groups (broad SMARTS) is 1. The second-order valence-electron chi connectivity index (χ2n) is 5.53. The Hall–Kier alpha value is -1.59. The predicted molar refractivity (Wildman–Crippen MR) is 80.0 cm³/mol. The summed E-state index contributed by atoms with van der Waals surface area (Å²) in [5, 5.41) is 8.95. The molecule has 1 aliphatic heterocycles. The van der Waals surface area contributed by atoms with Gasteiger partial charge in [0.05, 0.1) is 17.8 Å². The van der Waals surface area contributed by atoms with E-state index in [0.717, 1.165) is 26.1 Å². The molecule has 1 aliphatic rings. The average molecular weight is 293 g/mol. The fraction of sp³-hybridized carbons (Fsp3) is 0.562. The minimum Gasteiger partial charge on any atom is -0.492 e. The van der Waals surface area contributed by atoms with Gasteiger partial charge in [-0.25, -0.2) is 4.79 Å². The molecule has 5 heteroatoms. The molecule has 0 aromatic heterocycles. The number of rotatable bonds is 5. The first kappa shape index (κ1) is 15.8. The Morgan fingerprint density at radius 1 is 1.43 bits per heavy atom. The molecular formula is C16H23NO4. The lowest BCUT2D eigenvalue weighted by Gasteiger charge is -2.21. The Labute approximate surface area is 125 Å². The van der Waals surface area contributed by atoms with Crippen molar-refractivity contribution in [1.82, 2.24) is 4.90 Å². The molecule has 1 heterocycles. The van der Waals surface area contributed by atoms with E-state index in [2.05, 4.69) is 18.7 Å². The van der Waals surface area contributed by atoms with E-state index in [1.165, 1.54) is 0 Å². The standard InChI is InChI=1S/C16H23NO4/c1-12-6-7-17(11-13(2)21-12)8-9-20-15-5-3-4-14(10-15)16(18)19/h3-5,10,12-13H,6-9,11H2,1-2H3,(H,18,19)/t12-,13+/m1/s1. The Morgan fingerprint density at radius 3 is 3.00 bits per heavy atom. The van der Waals surface area contributed by atoms with Gasteiger partial charge in [-0.2, -0.15) is 0 Å². The zero-order chi connectivity index (χ0) is 15.2. The van der Waals surface area contributed by atoms with E-state index in [9.17, 15) is 4.79 Å². The molecule has 116 valence electrons. The molecule has 2 atom stereocenters. The fourth-order valence-corrected chi connectivity index (χ4v) is 2.54. The zero-order valence-corrected chi connectivity index (χ0v) is 12.6. The van der Waals surface area contributed by atoms with Gasteiger partial charge in [0.1, 0.15) is 12.4 Å². The number of ether oxygens (including phenoxy) is 2. The van der Waals surface area contributed by atoms with Gasteiger partial charge in [-0.1, -0.05) is 6.07 Å². The second kappa shape index (κ2) is 7.43. The number of nitrogens with zero attached hydrogens (tertiary/aromatic N) is 1. The third-order valence-corrected chi connectivity index (χ3v) is 3.59. The number of carbonyl (C=O) groups is 1. The van der Waals surface area contributed by atoms with Gasteiger partial charge in [0.15, 0.2) is 0 Å². The Bertz CT molecular complexity index is 477. The van der Waals surface area contributed by atoms with Crippen LogP contribution in [0.3, 0.4) is 0 Å². The van der Waals surface area contributed by atoms with E-state index >= 15 is 0 Å². The predicted octanol–water partition coefficient (Wildman–Crippen LogP) is 2.26. The van der Waals surface area contributed by atoms with Crippen molar-refractivity contribution in [3.63, 3.8) is 0 Å². The van der Waals surface area contributed by atoms with E-state index < -0.39 is 5.97 Å². The minimum atomic E-state index is -0.937. The van der Waals surface area contributed by atoms with Crippen LogP contribution in [0.25, 0.3) is 0 Å². The van der Waals surface area contributed by atoms with Crippen molar-refractivity contribution in [2.45, 2.75) is 32.5 Å². The van der Waals surface area contributed by atoms with E-state index in [0.29, 0.717) is 18.5 Å². The van der Waals surface area contributed by atoms with E-state index in [1.807, 2.05) is 0 Å². The SMILES string of the molecule is C[C@@H]1CCN(CCOc2cccc(C(=O)O)c2)C[C@H](C)O1. The first-order valence-electron chi connectivity index (χ1n) is 7.38. The molecular weight excluding hydrogens is 270 g/mol. The normalized spacial score (nSPS) is 23.5. The maximum absolute atomic E-state index is 10.9. The van der Waals surface area contributed by atoms with E-state index in [4.69, 9.17) is 14.6 Å². The molecule has 2 rings (SSSR count). The summed E-state index contributed by atoms with van der Waals surface area (Å²) in [6.45, 7) is 7.47. The van der Waals surface area contributed by atoms with Crippen molar-refractivity contribution in [3.05, 3.63) is 29.8 Å². The van der Waals surface area contributed by atoms with Crippen LogP contribution in [0.4, 0.5) is 0 Å². The van der Waals surface area contributed by atoms with Crippen LogP contribution in [0, 0.1) is 0 Å². The summed E-state index contributed by atoms with van der Waals surface area (Å²) in [6.07, 6.45) is 1.56. The molecule has 0 bridgehead atoms. The van der Waals surface area contributed by atoms with Crippen LogP contribution in [0.1, 0.15) is 30.6 Å². The lowest BCUT2D eigenvalue weighted by Crippen LogP contribution is -2.33. The smallest absolute Gasteiger partial charge is 0.335 e. The van der Waals surface area contributed by atoms with Crippen molar-refractivity contribution in [3.8, 4) is 5.75 Å². The van der Waals surface area contributed by atoms with Gasteiger partial charge < -0.3 is 14.6 Å². The third kappa shape index (κ3) is 5.02. The molecule has 0 aliphatic carbocycles. The van der Waals surface area contributed by atoms with E-state index in [-0.39, 0.29) is 11.7 Å². The summed E-state index contributed by atoms with van der Waals surface area (Å²) in [7, 11) is 0. The van der Waals surface area contributed by atoms with Crippen molar-refractivity contribution in [2.24, 2.45) is 0 Å². The van der Waals surface area contributed by atoms with Crippen LogP contribution in [0.5, 0.6) is 5.75 Å². The summed E-state index contributed by atoms with van der Waals surface area (Å²) >= 11 is 0. The van der Waals surface area contributed by atoms with Crippen LogP contribution in [-0.4, -0.2) is 54.4 Å². The first-order valence-corrected chi connectivity index (χ1v) is 7.38. The fourth-order valence-electron chi connectivity index (χ4n) is 2.54.